The fraction of sp³-hybridized carbons (Fsp3) is 0.792. The number of hydrogen-bond acceptors (Lipinski definition) is 7. The molecule has 0 saturated heterocycles. The van der Waals surface area contributed by atoms with Crippen LogP contribution >= 0.6 is 11.8 Å². The van der Waals surface area contributed by atoms with E-state index in [1.807, 2.05) is 6.08 Å². The molecule has 172 valence electrons. The summed E-state index contributed by atoms with van der Waals surface area (Å²) in [5.74, 6) is 0.204. The molecule has 31 heavy (non-hydrogen) atoms. The highest BCUT2D eigenvalue weighted by Gasteiger charge is 2.64. The number of Topliss-reactive ketones (excluding diaryl/α,β-unsaturated/α-hetero) is 1. The monoisotopic (exact) mass is 450 g/mol. The first-order valence-corrected chi connectivity index (χ1v) is 12.5. The van der Waals surface area contributed by atoms with Gasteiger partial charge in [-0.3, -0.25) is 14.4 Å². The van der Waals surface area contributed by atoms with Gasteiger partial charge in [-0.15, -0.1) is 11.8 Å². The van der Waals surface area contributed by atoms with Crippen LogP contribution in [0.15, 0.2) is 11.6 Å². The maximum atomic E-state index is 13.0. The first-order chi connectivity index (χ1) is 14.5. The summed E-state index contributed by atoms with van der Waals surface area (Å²) >= 11 is 1.18. The van der Waals surface area contributed by atoms with E-state index in [1.54, 1.807) is 0 Å². The molecular formula is C24H34O6S. The van der Waals surface area contributed by atoms with Gasteiger partial charge in [0.05, 0.1) is 24.7 Å². The van der Waals surface area contributed by atoms with E-state index < -0.39 is 11.7 Å². The van der Waals surface area contributed by atoms with Crippen molar-refractivity contribution in [1.82, 2.24) is 0 Å². The van der Waals surface area contributed by atoms with Crippen LogP contribution in [0.25, 0.3) is 0 Å². The first kappa shape index (κ1) is 23.0. The number of allylic oxidation sites excluding steroid dienone is 1. The average Bonchev–Trinajstić information content (AvgIpc) is 2.99. The Morgan fingerprint density at radius 3 is 2.68 bits per heavy atom. The number of methoxy groups -OCH3 is 1. The zero-order valence-electron chi connectivity index (χ0n) is 18.7. The third kappa shape index (κ3) is 3.80. The van der Waals surface area contributed by atoms with Crippen LogP contribution in [-0.4, -0.2) is 58.1 Å². The Morgan fingerprint density at radius 2 is 1.97 bits per heavy atom. The minimum Gasteiger partial charge on any atom is -0.468 e. The number of aliphatic hydroxyl groups is 2. The number of carbonyl (C=O) groups is 3. The van der Waals surface area contributed by atoms with Gasteiger partial charge < -0.3 is 14.9 Å². The SMILES string of the molecule is COC(=O)CSCC(=O)[C@@]1(O)C[C@@H]2[C@@H]3CCC4=CC(=O)CC[C@]4(C)[C@H]3[C@@H](O)C[C@]2(C)C1. The van der Waals surface area contributed by atoms with Crippen LogP contribution in [0.2, 0.25) is 0 Å². The lowest BCUT2D eigenvalue weighted by molar-refractivity contribution is -0.137. The van der Waals surface area contributed by atoms with Crippen molar-refractivity contribution in [3.8, 4) is 0 Å². The molecule has 4 aliphatic carbocycles. The summed E-state index contributed by atoms with van der Waals surface area (Å²) in [6, 6.07) is 0. The van der Waals surface area contributed by atoms with Gasteiger partial charge in [0, 0.05) is 6.42 Å². The molecule has 0 aliphatic heterocycles. The number of hydrogen-bond donors (Lipinski definition) is 2. The molecule has 0 bridgehead atoms. The van der Waals surface area contributed by atoms with Gasteiger partial charge in [-0.05, 0) is 73.2 Å². The van der Waals surface area contributed by atoms with E-state index in [4.69, 9.17) is 0 Å². The van der Waals surface area contributed by atoms with E-state index in [0.29, 0.717) is 25.7 Å². The van der Waals surface area contributed by atoms with Gasteiger partial charge in [0.1, 0.15) is 5.60 Å². The Morgan fingerprint density at radius 1 is 1.23 bits per heavy atom. The van der Waals surface area contributed by atoms with Crippen molar-refractivity contribution < 1.29 is 29.3 Å². The fourth-order valence-corrected chi connectivity index (χ4v) is 8.30. The maximum Gasteiger partial charge on any atom is 0.315 e. The number of aliphatic hydroxyl groups excluding tert-OH is 1. The molecule has 7 heteroatoms. The maximum absolute atomic E-state index is 13.0. The lowest BCUT2D eigenvalue weighted by Crippen LogP contribution is -2.55. The lowest BCUT2D eigenvalue weighted by Gasteiger charge is -2.59. The summed E-state index contributed by atoms with van der Waals surface area (Å²) in [5, 5.41) is 22.7. The van der Waals surface area contributed by atoms with E-state index in [9.17, 15) is 24.6 Å². The highest BCUT2D eigenvalue weighted by Crippen LogP contribution is 2.66. The van der Waals surface area contributed by atoms with Crippen LogP contribution in [0.4, 0.5) is 0 Å². The number of ketones is 2. The first-order valence-electron chi connectivity index (χ1n) is 11.3. The number of fused-ring (bicyclic) bond motifs is 5. The van der Waals surface area contributed by atoms with Crippen molar-refractivity contribution in [2.75, 3.05) is 18.6 Å². The van der Waals surface area contributed by atoms with E-state index in [0.717, 1.165) is 19.3 Å². The molecule has 0 aromatic heterocycles. The molecule has 0 spiro atoms. The van der Waals surface area contributed by atoms with E-state index in [2.05, 4.69) is 18.6 Å². The molecule has 4 rings (SSSR count). The molecule has 3 saturated carbocycles. The Hall–Kier alpha value is -1.18. The normalized spacial score (nSPS) is 44.0. The summed E-state index contributed by atoms with van der Waals surface area (Å²) < 4.78 is 4.62. The largest absolute Gasteiger partial charge is 0.468 e. The van der Waals surface area contributed by atoms with Gasteiger partial charge in [0.15, 0.2) is 11.6 Å². The van der Waals surface area contributed by atoms with Crippen molar-refractivity contribution in [1.29, 1.82) is 0 Å². The summed E-state index contributed by atoms with van der Waals surface area (Å²) in [5.41, 5.74) is -0.703. The molecule has 0 radical (unpaired) electrons. The van der Waals surface area contributed by atoms with Crippen LogP contribution in [0, 0.1) is 28.6 Å². The van der Waals surface area contributed by atoms with E-state index in [1.165, 1.54) is 24.4 Å². The highest BCUT2D eigenvalue weighted by molar-refractivity contribution is 8.00. The van der Waals surface area contributed by atoms with Gasteiger partial charge in [-0.1, -0.05) is 19.4 Å². The van der Waals surface area contributed by atoms with Crippen molar-refractivity contribution in [2.45, 2.75) is 70.5 Å². The molecular weight excluding hydrogens is 416 g/mol. The predicted molar refractivity (Wildman–Crippen MR) is 117 cm³/mol. The highest BCUT2D eigenvalue weighted by atomic mass is 32.2. The number of rotatable bonds is 5. The van der Waals surface area contributed by atoms with Crippen LogP contribution in [-0.2, 0) is 19.1 Å². The minimum absolute atomic E-state index is 0.0600. The zero-order chi connectivity index (χ0) is 22.6. The number of thioether (sulfide) groups is 1. The summed E-state index contributed by atoms with van der Waals surface area (Å²) in [6.45, 7) is 4.31. The van der Waals surface area contributed by atoms with Gasteiger partial charge in [-0.25, -0.2) is 0 Å². The second-order valence-corrected chi connectivity index (χ2v) is 11.7. The minimum atomic E-state index is -1.41. The quantitative estimate of drug-likeness (QED) is 0.621. The Labute approximate surface area is 188 Å². The molecule has 3 fully saturated rings. The lowest BCUT2D eigenvalue weighted by atomic mass is 9.46. The number of esters is 1. The van der Waals surface area contributed by atoms with Crippen molar-refractivity contribution >= 4 is 29.3 Å². The molecule has 0 heterocycles. The van der Waals surface area contributed by atoms with E-state index >= 15 is 0 Å². The number of carbonyl (C=O) groups excluding carboxylic acids is 3. The molecule has 0 amide bonds. The van der Waals surface area contributed by atoms with Crippen LogP contribution in [0.3, 0.4) is 0 Å². The second-order valence-electron chi connectivity index (χ2n) is 10.7. The van der Waals surface area contributed by atoms with Crippen molar-refractivity contribution in [3.63, 3.8) is 0 Å². The summed E-state index contributed by atoms with van der Waals surface area (Å²) in [7, 11) is 1.32. The smallest absolute Gasteiger partial charge is 0.315 e. The van der Waals surface area contributed by atoms with Gasteiger partial charge >= 0.3 is 5.97 Å². The molecule has 0 aromatic carbocycles. The molecule has 6 nitrogen and oxygen atoms in total. The zero-order valence-corrected chi connectivity index (χ0v) is 19.5. The second kappa shape index (κ2) is 7.99. The third-order valence-corrected chi connectivity index (χ3v) is 9.77. The van der Waals surface area contributed by atoms with Crippen LogP contribution in [0.5, 0.6) is 0 Å². The Balaban J connectivity index is 1.55. The Bertz CT molecular complexity index is 823. The van der Waals surface area contributed by atoms with E-state index in [-0.39, 0.29) is 57.6 Å². The summed E-state index contributed by atoms with van der Waals surface area (Å²) in [4.78, 5) is 36.3. The molecule has 0 aromatic rings. The van der Waals surface area contributed by atoms with Crippen LogP contribution < -0.4 is 0 Å². The fourth-order valence-electron chi connectivity index (χ4n) is 7.46. The number of ether oxygens (including phenoxy) is 1. The van der Waals surface area contributed by atoms with Gasteiger partial charge in [0.2, 0.25) is 0 Å². The Kier molecular flexibility index (Phi) is 5.93. The average molecular weight is 451 g/mol. The topological polar surface area (TPSA) is 101 Å². The predicted octanol–water partition coefficient (Wildman–Crippen LogP) is 2.70. The molecule has 2 N–H and O–H groups in total. The molecule has 7 atom stereocenters. The third-order valence-electron chi connectivity index (χ3n) is 8.86. The standard InChI is InChI=1S/C24H34O6S/c1-22-10-18(26)21-16(5-4-14-8-15(25)6-7-23(14,21)2)17(22)9-24(29,13-22)19(27)11-31-12-20(28)30-3/h8,16-18,21,26,29H,4-7,9-13H2,1-3H3/t16-,17+,18-,21+,22+,23-,24+/m0/s1. The summed E-state index contributed by atoms with van der Waals surface area (Å²) in [6.07, 6.45) is 5.70. The van der Waals surface area contributed by atoms with Gasteiger partial charge in [0.25, 0.3) is 0 Å². The molecule has 4 aliphatic rings. The molecule has 0 unspecified atom stereocenters. The van der Waals surface area contributed by atoms with Gasteiger partial charge in [-0.2, -0.15) is 0 Å². The van der Waals surface area contributed by atoms with Crippen LogP contribution in [0.1, 0.15) is 58.8 Å². The van der Waals surface area contributed by atoms with Crippen molar-refractivity contribution in [2.24, 2.45) is 28.6 Å². The van der Waals surface area contributed by atoms with Crippen molar-refractivity contribution in [3.05, 3.63) is 11.6 Å².